The van der Waals surface area contributed by atoms with Gasteiger partial charge in [-0.2, -0.15) is 0 Å². The summed E-state index contributed by atoms with van der Waals surface area (Å²) in [6, 6.07) is 11.6. The lowest BCUT2D eigenvalue weighted by Crippen LogP contribution is -2.35. The zero-order chi connectivity index (χ0) is 22.8. The van der Waals surface area contributed by atoms with Gasteiger partial charge in [0.2, 0.25) is 5.91 Å². The molecule has 2 aromatic rings. The smallest absolute Gasteiger partial charge is 0.306 e. The Hall–Kier alpha value is -3.35. The third-order valence-corrected chi connectivity index (χ3v) is 4.54. The fourth-order valence-corrected chi connectivity index (χ4v) is 3.12. The lowest BCUT2D eigenvalue weighted by molar-refractivity contribution is -0.148. The van der Waals surface area contributed by atoms with E-state index in [1.54, 1.807) is 0 Å². The minimum absolute atomic E-state index is 0.144. The van der Waals surface area contributed by atoms with Gasteiger partial charge < -0.3 is 20.1 Å². The van der Waals surface area contributed by atoms with Gasteiger partial charge in [0.05, 0.1) is 13.2 Å². The van der Waals surface area contributed by atoms with E-state index < -0.39 is 18.5 Å². The number of rotatable bonds is 10. The van der Waals surface area contributed by atoms with Crippen molar-refractivity contribution in [2.45, 2.75) is 40.5 Å². The van der Waals surface area contributed by atoms with Crippen LogP contribution in [0.25, 0.3) is 0 Å². The van der Waals surface area contributed by atoms with Crippen molar-refractivity contribution in [3.05, 3.63) is 58.7 Å². The number of nitrogens with one attached hydrogen (secondary N) is 2. The summed E-state index contributed by atoms with van der Waals surface area (Å²) in [6.45, 7) is 7.55. The van der Waals surface area contributed by atoms with Gasteiger partial charge in [0, 0.05) is 12.1 Å². The normalized spacial score (nSPS) is 10.3. The fourth-order valence-electron chi connectivity index (χ4n) is 3.12. The molecule has 2 aromatic carbocycles. The maximum absolute atomic E-state index is 12.1. The highest BCUT2D eigenvalue weighted by atomic mass is 16.5. The van der Waals surface area contributed by atoms with Crippen molar-refractivity contribution in [2.75, 3.05) is 25.1 Å². The van der Waals surface area contributed by atoms with E-state index in [1.807, 2.05) is 64.1 Å². The zero-order valence-electron chi connectivity index (χ0n) is 18.5. The van der Waals surface area contributed by atoms with Crippen LogP contribution >= 0.6 is 0 Å². The van der Waals surface area contributed by atoms with Crippen molar-refractivity contribution in [1.29, 1.82) is 0 Å². The van der Waals surface area contributed by atoms with Gasteiger partial charge in [-0.15, -0.1) is 0 Å². The van der Waals surface area contributed by atoms with Crippen molar-refractivity contribution in [3.8, 4) is 5.75 Å². The summed E-state index contributed by atoms with van der Waals surface area (Å²) in [7, 11) is 0. The van der Waals surface area contributed by atoms with Gasteiger partial charge in [0.15, 0.2) is 6.61 Å². The van der Waals surface area contributed by atoms with E-state index >= 15 is 0 Å². The molecule has 2 amide bonds. The number of amides is 2. The van der Waals surface area contributed by atoms with Gasteiger partial charge in [-0.25, -0.2) is 0 Å². The first-order chi connectivity index (χ1) is 14.7. The van der Waals surface area contributed by atoms with Gasteiger partial charge in [-0.1, -0.05) is 29.8 Å². The molecule has 0 heterocycles. The van der Waals surface area contributed by atoms with Crippen LogP contribution in [0.2, 0.25) is 0 Å². The van der Waals surface area contributed by atoms with Gasteiger partial charge in [0.1, 0.15) is 5.75 Å². The first-order valence-electron chi connectivity index (χ1n) is 10.2. The molecular formula is C24H30N2O5. The van der Waals surface area contributed by atoms with Crippen LogP contribution in [0.1, 0.15) is 35.1 Å². The Labute approximate surface area is 183 Å². The third kappa shape index (κ3) is 8.50. The first kappa shape index (κ1) is 23.9. The molecule has 2 N–H and O–H groups in total. The van der Waals surface area contributed by atoms with Crippen LogP contribution in [0.3, 0.4) is 0 Å². The summed E-state index contributed by atoms with van der Waals surface area (Å²) in [6.07, 6.45) is 0.623. The molecule has 7 heteroatoms. The first-order valence-corrected chi connectivity index (χ1v) is 10.2. The summed E-state index contributed by atoms with van der Waals surface area (Å²) < 4.78 is 10.5. The van der Waals surface area contributed by atoms with Crippen molar-refractivity contribution >= 4 is 23.5 Å². The predicted octanol–water partition coefficient (Wildman–Crippen LogP) is 3.38. The molecule has 0 aliphatic heterocycles. The quantitative estimate of drug-likeness (QED) is 0.449. The minimum atomic E-state index is -0.531. The SMILES string of the molecule is Cc1cccc(OCCCC(=O)OCC(=O)NCC(=O)Nc2c(C)cc(C)cc2C)c1. The Balaban J connectivity index is 1.61. The number of aryl methyl sites for hydroxylation is 4. The maximum Gasteiger partial charge on any atom is 0.306 e. The van der Waals surface area contributed by atoms with Crippen molar-refractivity contribution < 1.29 is 23.9 Å². The molecule has 0 aliphatic carbocycles. The molecule has 0 aromatic heterocycles. The summed E-state index contributed by atoms with van der Waals surface area (Å²) in [5, 5.41) is 5.25. The van der Waals surface area contributed by atoms with Crippen LogP contribution in [0, 0.1) is 27.7 Å². The minimum Gasteiger partial charge on any atom is -0.494 e. The molecular weight excluding hydrogens is 396 g/mol. The lowest BCUT2D eigenvalue weighted by Gasteiger charge is -2.13. The zero-order valence-corrected chi connectivity index (χ0v) is 18.5. The largest absolute Gasteiger partial charge is 0.494 e. The standard InChI is InChI=1S/C24H30N2O5/c1-16-7-5-8-20(13-16)30-10-6-9-23(29)31-15-22(28)25-14-21(27)26-24-18(3)11-17(2)12-19(24)4/h5,7-8,11-13H,6,9-10,14-15H2,1-4H3,(H,25,28)(H,26,27). The van der Waals surface area contributed by atoms with Crippen LogP contribution in [0.5, 0.6) is 5.75 Å². The average Bonchev–Trinajstić information content (AvgIpc) is 2.71. The van der Waals surface area contributed by atoms with E-state index in [9.17, 15) is 14.4 Å². The lowest BCUT2D eigenvalue weighted by atomic mass is 10.1. The molecule has 166 valence electrons. The molecule has 0 bridgehead atoms. The number of benzene rings is 2. The van der Waals surface area contributed by atoms with E-state index in [0.717, 1.165) is 33.7 Å². The van der Waals surface area contributed by atoms with Crippen molar-refractivity contribution in [1.82, 2.24) is 5.32 Å². The summed E-state index contributed by atoms with van der Waals surface area (Å²) >= 11 is 0. The molecule has 0 saturated carbocycles. The Kier molecular flexibility index (Phi) is 9.06. The Morgan fingerprint density at radius 1 is 0.903 bits per heavy atom. The van der Waals surface area contributed by atoms with E-state index in [1.165, 1.54) is 0 Å². The highest BCUT2D eigenvalue weighted by molar-refractivity contribution is 5.96. The van der Waals surface area contributed by atoms with Crippen LogP contribution < -0.4 is 15.4 Å². The van der Waals surface area contributed by atoms with Crippen LogP contribution in [-0.4, -0.2) is 37.5 Å². The molecule has 2 rings (SSSR count). The van der Waals surface area contributed by atoms with Crippen LogP contribution in [0.15, 0.2) is 36.4 Å². The monoisotopic (exact) mass is 426 g/mol. The number of ether oxygens (including phenoxy) is 2. The molecule has 7 nitrogen and oxygen atoms in total. The van der Waals surface area contributed by atoms with E-state index in [0.29, 0.717) is 13.0 Å². The second-order valence-corrected chi connectivity index (χ2v) is 7.53. The maximum atomic E-state index is 12.1. The number of anilines is 1. The molecule has 0 radical (unpaired) electrons. The van der Waals surface area contributed by atoms with Gasteiger partial charge >= 0.3 is 5.97 Å². The molecule has 0 aliphatic rings. The molecule has 0 spiro atoms. The van der Waals surface area contributed by atoms with Crippen molar-refractivity contribution in [3.63, 3.8) is 0 Å². The summed E-state index contributed by atoms with van der Waals surface area (Å²) in [4.78, 5) is 35.7. The topological polar surface area (TPSA) is 93.7 Å². The third-order valence-electron chi connectivity index (χ3n) is 4.54. The average molecular weight is 427 g/mol. The van der Waals surface area contributed by atoms with E-state index in [4.69, 9.17) is 9.47 Å². The van der Waals surface area contributed by atoms with E-state index in [-0.39, 0.29) is 18.9 Å². The molecule has 0 saturated heterocycles. The number of carbonyl (C=O) groups is 3. The second-order valence-electron chi connectivity index (χ2n) is 7.53. The Bertz CT molecular complexity index is 916. The summed E-state index contributed by atoms with van der Waals surface area (Å²) in [5.41, 5.74) is 4.87. The summed E-state index contributed by atoms with van der Waals surface area (Å²) in [5.74, 6) is -0.611. The fraction of sp³-hybridized carbons (Fsp3) is 0.375. The number of hydrogen-bond donors (Lipinski definition) is 2. The van der Waals surface area contributed by atoms with Gasteiger partial charge in [-0.3, -0.25) is 14.4 Å². The van der Waals surface area contributed by atoms with E-state index in [2.05, 4.69) is 10.6 Å². The predicted molar refractivity (Wildman–Crippen MR) is 119 cm³/mol. The Morgan fingerprint density at radius 3 is 2.29 bits per heavy atom. The number of esters is 1. The van der Waals surface area contributed by atoms with Crippen molar-refractivity contribution in [2.24, 2.45) is 0 Å². The van der Waals surface area contributed by atoms with Crippen LogP contribution in [0.4, 0.5) is 5.69 Å². The Morgan fingerprint density at radius 2 is 1.61 bits per heavy atom. The van der Waals surface area contributed by atoms with Gasteiger partial charge in [0.25, 0.3) is 5.91 Å². The highest BCUT2D eigenvalue weighted by Crippen LogP contribution is 2.21. The number of carbonyl (C=O) groups excluding carboxylic acids is 3. The second kappa shape index (κ2) is 11.7. The molecule has 0 fully saturated rings. The highest BCUT2D eigenvalue weighted by Gasteiger charge is 2.11. The van der Waals surface area contributed by atoms with Gasteiger partial charge in [-0.05, 0) is 62.9 Å². The molecule has 0 unspecified atom stereocenters. The van der Waals surface area contributed by atoms with Crippen LogP contribution in [-0.2, 0) is 19.1 Å². The number of hydrogen-bond acceptors (Lipinski definition) is 5. The molecule has 31 heavy (non-hydrogen) atoms. The molecule has 0 atom stereocenters.